The summed E-state index contributed by atoms with van der Waals surface area (Å²) in [5.41, 5.74) is 2.26. The minimum Gasteiger partial charge on any atom is -0.454 e. The van der Waals surface area contributed by atoms with Crippen molar-refractivity contribution in [2.45, 2.75) is 51.6 Å². The van der Waals surface area contributed by atoms with Crippen molar-refractivity contribution < 1.29 is 14.3 Å². The minimum absolute atomic E-state index is 0.0273. The molecule has 0 aliphatic carbocycles. The molecular weight excluding hydrogens is 418 g/mol. The van der Waals surface area contributed by atoms with Crippen molar-refractivity contribution in [2.24, 2.45) is 0 Å². The zero-order valence-electron chi connectivity index (χ0n) is 17.6. The molecule has 0 saturated carbocycles. The maximum atomic E-state index is 12.5. The van der Waals surface area contributed by atoms with Crippen LogP contribution < -0.4 is 14.8 Å². The van der Waals surface area contributed by atoms with Crippen LogP contribution >= 0.6 is 23.1 Å². The Morgan fingerprint density at radius 2 is 2.07 bits per heavy atom. The van der Waals surface area contributed by atoms with Gasteiger partial charge in [-0.25, -0.2) is 9.97 Å². The number of fused-ring (bicyclic) bond motifs is 2. The summed E-state index contributed by atoms with van der Waals surface area (Å²) in [6.45, 7) is 9.16. The van der Waals surface area contributed by atoms with Crippen molar-refractivity contribution in [3.63, 3.8) is 0 Å². The van der Waals surface area contributed by atoms with Crippen LogP contribution in [0.2, 0.25) is 0 Å². The second-order valence-electron chi connectivity index (χ2n) is 7.47. The highest BCUT2D eigenvalue weighted by atomic mass is 32.2. The molecule has 6 nitrogen and oxygen atoms in total. The molecule has 1 aromatic carbocycles. The Morgan fingerprint density at radius 1 is 1.27 bits per heavy atom. The maximum Gasteiger partial charge on any atom is 0.231 e. The molecule has 1 amide bonds. The zero-order chi connectivity index (χ0) is 21.3. The van der Waals surface area contributed by atoms with Crippen molar-refractivity contribution in [2.75, 3.05) is 12.5 Å². The van der Waals surface area contributed by atoms with E-state index in [9.17, 15) is 4.79 Å². The molecule has 0 unspecified atom stereocenters. The maximum absolute atomic E-state index is 12.5. The second-order valence-corrected chi connectivity index (χ2v) is 9.63. The number of thiophene rings is 1. The van der Waals surface area contributed by atoms with E-state index in [1.54, 1.807) is 11.3 Å². The van der Waals surface area contributed by atoms with Crippen LogP contribution in [0.5, 0.6) is 11.5 Å². The molecule has 1 aliphatic rings. The monoisotopic (exact) mass is 443 g/mol. The Balaban J connectivity index is 1.46. The highest BCUT2D eigenvalue weighted by Gasteiger charge is 2.19. The molecule has 2 aromatic heterocycles. The summed E-state index contributed by atoms with van der Waals surface area (Å²) in [6, 6.07) is 5.71. The number of aryl methyl sites for hydroxylation is 2. The van der Waals surface area contributed by atoms with Crippen LogP contribution in [-0.2, 0) is 17.8 Å². The summed E-state index contributed by atoms with van der Waals surface area (Å²) in [7, 11) is 0. The molecule has 30 heavy (non-hydrogen) atoms. The number of thioether (sulfide) groups is 1. The molecule has 158 valence electrons. The van der Waals surface area contributed by atoms with E-state index in [-0.39, 0.29) is 18.6 Å². The Morgan fingerprint density at radius 3 is 2.83 bits per heavy atom. The van der Waals surface area contributed by atoms with E-state index >= 15 is 0 Å². The highest BCUT2D eigenvalue weighted by molar-refractivity contribution is 8.00. The fraction of sp³-hybridized carbons (Fsp3) is 0.409. The lowest BCUT2D eigenvalue weighted by Gasteiger charge is -2.10. The van der Waals surface area contributed by atoms with E-state index < -0.39 is 0 Å². The average Bonchev–Trinajstić information content (AvgIpc) is 3.32. The molecule has 8 heteroatoms. The number of amides is 1. The van der Waals surface area contributed by atoms with Gasteiger partial charge < -0.3 is 14.8 Å². The van der Waals surface area contributed by atoms with Crippen LogP contribution in [0.3, 0.4) is 0 Å². The molecule has 1 N–H and O–H groups in total. The standard InChI is InChI=1S/C22H25N3O3S2/c1-5-15-13(4)30-22-19(15)21(24-20(25-22)12(2)3)29-10-18(26)23-9-14-6-7-16-17(8-14)28-11-27-16/h6-8,12H,5,9-11H2,1-4H3,(H,23,26). The number of nitrogens with zero attached hydrogens (tertiary/aromatic N) is 2. The molecule has 1 aliphatic heterocycles. The quantitative estimate of drug-likeness (QED) is 0.417. The Kier molecular flexibility index (Phi) is 6.15. The van der Waals surface area contributed by atoms with Crippen molar-refractivity contribution in [3.05, 3.63) is 40.0 Å². The van der Waals surface area contributed by atoms with Gasteiger partial charge in [0.2, 0.25) is 12.7 Å². The number of rotatable bonds is 7. The Hall–Kier alpha value is -2.32. The molecule has 3 aromatic rings. The normalized spacial score (nSPS) is 12.7. The van der Waals surface area contributed by atoms with Crippen molar-refractivity contribution >= 4 is 39.2 Å². The molecule has 0 fully saturated rings. The van der Waals surface area contributed by atoms with Gasteiger partial charge >= 0.3 is 0 Å². The lowest BCUT2D eigenvalue weighted by molar-refractivity contribution is -0.118. The first-order chi connectivity index (χ1) is 14.5. The first-order valence-electron chi connectivity index (χ1n) is 10.0. The second kappa shape index (κ2) is 8.81. The number of nitrogens with one attached hydrogen (secondary N) is 1. The number of ether oxygens (including phenoxy) is 2. The third-order valence-electron chi connectivity index (χ3n) is 4.97. The summed E-state index contributed by atoms with van der Waals surface area (Å²) in [6.07, 6.45) is 0.931. The number of aromatic nitrogens is 2. The van der Waals surface area contributed by atoms with Gasteiger partial charge in [0.05, 0.1) is 5.75 Å². The van der Waals surface area contributed by atoms with Crippen LogP contribution in [-0.4, -0.2) is 28.4 Å². The van der Waals surface area contributed by atoms with Crippen LogP contribution in [0.25, 0.3) is 10.2 Å². The number of carbonyl (C=O) groups excluding carboxylic acids is 1. The van der Waals surface area contributed by atoms with Gasteiger partial charge in [-0.2, -0.15) is 0 Å². The van der Waals surface area contributed by atoms with Crippen molar-refractivity contribution in [1.82, 2.24) is 15.3 Å². The van der Waals surface area contributed by atoms with E-state index in [4.69, 9.17) is 19.4 Å². The number of hydrogen-bond acceptors (Lipinski definition) is 7. The molecule has 0 saturated heterocycles. The van der Waals surface area contributed by atoms with Crippen LogP contribution in [0.15, 0.2) is 23.2 Å². The fourth-order valence-corrected chi connectivity index (χ4v) is 5.45. The van der Waals surface area contributed by atoms with Crippen molar-refractivity contribution in [1.29, 1.82) is 0 Å². The topological polar surface area (TPSA) is 73.3 Å². The zero-order valence-corrected chi connectivity index (χ0v) is 19.2. The Labute approximate surface area is 184 Å². The Bertz CT molecular complexity index is 1090. The SMILES string of the molecule is CCc1c(C)sc2nc(C(C)C)nc(SCC(=O)NCc3ccc4c(c3)OCO4)c12. The van der Waals surface area contributed by atoms with E-state index in [0.717, 1.165) is 44.6 Å². The largest absolute Gasteiger partial charge is 0.454 e. The van der Waals surface area contributed by atoms with E-state index in [2.05, 4.69) is 33.0 Å². The molecule has 3 heterocycles. The number of carbonyl (C=O) groups is 1. The molecular formula is C22H25N3O3S2. The molecule has 4 rings (SSSR count). The predicted octanol–water partition coefficient (Wildman–Crippen LogP) is 4.82. The van der Waals surface area contributed by atoms with E-state index in [0.29, 0.717) is 12.3 Å². The van der Waals surface area contributed by atoms with Crippen molar-refractivity contribution in [3.8, 4) is 11.5 Å². The highest BCUT2D eigenvalue weighted by Crippen LogP contribution is 2.37. The lowest BCUT2D eigenvalue weighted by Crippen LogP contribution is -2.24. The first-order valence-corrected chi connectivity index (χ1v) is 11.8. The van der Waals surface area contributed by atoms with Crippen LogP contribution in [0.4, 0.5) is 0 Å². The summed E-state index contributed by atoms with van der Waals surface area (Å²) in [4.78, 5) is 24.4. The summed E-state index contributed by atoms with van der Waals surface area (Å²) in [5.74, 6) is 2.82. The van der Waals surface area contributed by atoms with E-state index in [1.807, 2.05) is 18.2 Å². The predicted molar refractivity (Wildman–Crippen MR) is 121 cm³/mol. The van der Waals surface area contributed by atoms with Crippen LogP contribution in [0, 0.1) is 6.92 Å². The van der Waals surface area contributed by atoms with Gasteiger partial charge in [0.1, 0.15) is 15.7 Å². The molecule has 0 atom stereocenters. The van der Waals surface area contributed by atoms with Gasteiger partial charge in [-0.3, -0.25) is 4.79 Å². The van der Waals surface area contributed by atoms with Crippen LogP contribution in [0.1, 0.15) is 48.5 Å². The van der Waals surface area contributed by atoms with Gasteiger partial charge in [0.25, 0.3) is 0 Å². The smallest absolute Gasteiger partial charge is 0.231 e. The average molecular weight is 444 g/mol. The number of hydrogen-bond donors (Lipinski definition) is 1. The lowest BCUT2D eigenvalue weighted by atomic mass is 10.1. The summed E-state index contributed by atoms with van der Waals surface area (Å²) in [5, 5.41) is 5.00. The number of benzene rings is 1. The van der Waals surface area contributed by atoms with Gasteiger partial charge in [-0.05, 0) is 36.6 Å². The minimum atomic E-state index is -0.0273. The van der Waals surface area contributed by atoms with Gasteiger partial charge in [0.15, 0.2) is 11.5 Å². The molecule has 0 radical (unpaired) electrons. The molecule has 0 bridgehead atoms. The first kappa shape index (κ1) is 20.9. The molecule has 0 spiro atoms. The summed E-state index contributed by atoms with van der Waals surface area (Å²) >= 11 is 3.20. The third-order valence-corrected chi connectivity index (χ3v) is 6.99. The third kappa shape index (κ3) is 4.25. The van der Waals surface area contributed by atoms with Gasteiger partial charge in [-0.15, -0.1) is 11.3 Å². The van der Waals surface area contributed by atoms with Gasteiger partial charge in [0, 0.05) is 22.7 Å². The fourth-order valence-electron chi connectivity index (χ4n) is 3.38. The van der Waals surface area contributed by atoms with Gasteiger partial charge in [-0.1, -0.05) is 38.6 Å². The van der Waals surface area contributed by atoms with E-state index in [1.165, 1.54) is 22.2 Å². The summed E-state index contributed by atoms with van der Waals surface area (Å²) < 4.78 is 10.7.